The molecule has 1 aromatic carbocycles. The summed E-state index contributed by atoms with van der Waals surface area (Å²) in [4.78, 5) is 39.2. The van der Waals surface area contributed by atoms with Crippen LogP contribution < -0.4 is 20.1 Å². The Kier molecular flexibility index (Phi) is 3.96. The summed E-state index contributed by atoms with van der Waals surface area (Å²) in [7, 11) is 0. The van der Waals surface area contributed by atoms with E-state index >= 15 is 0 Å². The van der Waals surface area contributed by atoms with Gasteiger partial charge in [0.05, 0.1) is 6.54 Å². The van der Waals surface area contributed by atoms with E-state index in [9.17, 15) is 14.4 Å². The number of amides is 4. The van der Waals surface area contributed by atoms with E-state index in [4.69, 9.17) is 9.47 Å². The van der Waals surface area contributed by atoms with Gasteiger partial charge in [0.2, 0.25) is 18.6 Å². The number of barbiturate groups is 1. The molecule has 0 aliphatic carbocycles. The van der Waals surface area contributed by atoms with Crippen LogP contribution in [-0.2, 0) is 16.1 Å². The maximum absolute atomic E-state index is 11.9. The fourth-order valence-electron chi connectivity index (χ4n) is 2.46. The van der Waals surface area contributed by atoms with Gasteiger partial charge in [-0.15, -0.1) is 0 Å². The molecule has 0 unspecified atom stereocenters. The molecule has 0 atom stereocenters. The number of fused-ring (bicyclic) bond motifs is 1. The van der Waals surface area contributed by atoms with E-state index < -0.39 is 23.8 Å². The summed E-state index contributed by atoms with van der Waals surface area (Å²) < 4.78 is 10.5. The number of urea groups is 1. The summed E-state index contributed by atoms with van der Waals surface area (Å²) in [5.41, 5.74) is 1.29. The molecule has 1 saturated heterocycles. The Morgan fingerprint density at radius 3 is 2.57 bits per heavy atom. The first-order chi connectivity index (χ1) is 11.1. The first-order valence-electron chi connectivity index (χ1n) is 7.16. The lowest BCUT2D eigenvalue weighted by Gasteiger charge is -2.21. The smallest absolute Gasteiger partial charge is 0.328 e. The Hall–Kier alpha value is -2.90. The van der Waals surface area contributed by atoms with Gasteiger partial charge < -0.3 is 9.47 Å². The van der Waals surface area contributed by atoms with Crippen molar-refractivity contribution in [2.24, 2.45) is 10.9 Å². The lowest BCUT2D eigenvalue weighted by atomic mass is 9.97. The minimum Gasteiger partial charge on any atom is -0.454 e. The highest BCUT2D eigenvalue weighted by molar-refractivity contribution is 6.27. The van der Waals surface area contributed by atoms with Crippen molar-refractivity contribution in [1.29, 1.82) is 0 Å². The second-order valence-corrected chi connectivity index (χ2v) is 5.09. The van der Waals surface area contributed by atoms with Crippen LogP contribution in [0, 0.1) is 5.92 Å². The standard InChI is InChI=1S/C15H15N3O5/c1-2-9(12-13(19)17-15(21)18-14(12)20)16-6-8-3-4-10-11(5-8)23-7-22-10/h3-5,12H,2,6-7H2,1H3,(H2,17,18,19,20,21). The van der Waals surface area contributed by atoms with Crippen molar-refractivity contribution in [2.75, 3.05) is 6.79 Å². The molecular formula is C15H15N3O5. The molecule has 120 valence electrons. The van der Waals surface area contributed by atoms with Gasteiger partial charge in [-0.1, -0.05) is 13.0 Å². The molecule has 0 bridgehead atoms. The van der Waals surface area contributed by atoms with E-state index in [1.165, 1.54) is 0 Å². The van der Waals surface area contributed by atoms with E-state index in [2.05, 4.69) is 15.6 Å². The van der Waals surface area contributed by atoms with Crippen LogP contribution in [0.2, 0.25) is 0 Å². The van der Waals surface area contributed by atoms with Crippen molar-refractivity contribution in [3.05, 3.63) is 23.8 Å². The quantitative estimate of drug-likeness (QED) is 0.629. The van der Waals surface area contributed by atoms with E-state index in [0.29, 0.717) is 30.2 Å². The largest absolute Gasteiger partial charge is 0.454 e. The van der Waals surface area contributed by atoms with Crippen molar-refractivity contribution in [1.82, 2.24) is 10.6 Å². The average Bonchev–Trinajstić information content (AvgIpc) is 2.97. The van der Waals surface area contributed by atoms with Gasteiger partial charge in [-0.3, -0.25) is 25.2 Å². The van der Waals surface area contributed by atoms with Crippen molar-refractivity contribution in [3.8, 4) is 11.5 Å². The highest BCUT2D eigenvalue weighted by Gasteiger charge is 2.37. The van der Waals surface area contributed by atoms with Crippen LogP contribution >= 0.6 is 0 Å². The van der Waals surface area contributed by atoms with Gasteiger partial charge in [0, 0.05) is 5.71 Å². The zero-order valence-electron chi connectivity index (χ0n) is 12.4. The summed E-state index contributed by atoms with van der Waals surface area (Å²) >= 11 is 0. The lowest BCUT2D eigenvalue weighted by Crippen LogP contribution is -2.57. The van der Waals surface area contributed by atoms with E-state index in [-0.39, 0.29) is 6.79 Å². The van der Waals surface area contributed by atoms with Gasteiger partial charge in [-0.05, 0) is 24.1 Å². The Labute approximate surface area is 131 Å². The molecular weight excluding hydrogens is 302 g/mol. The molecule has 3 rings (SSSR count). The number of nitrogens with one attached hydrogen (secondary N) is 2. The van der Waals surface area contributed by atoms with Crippen molar-refractivity contribution < 1.29 is 23.9 Å². The number of hydrogen-bond donors (Lipinski definition) is 2. The van der Waals surface area contributed by atoms with Gasteiger partial charge in [-0.25, -0.2) is 4.79 Å². The second-order valence-electron chi connectivity index (χ2n) is 5.09. The van der Waals surface area contributed by atoms with Crippen LogP contribution in [0.25, 0.3) is 0 Å². The predicted molar refractivity (Wildman–Crippen MR) is 79.2 cm³/mol. The third kappa shape index (κ3) is 3.01. The summed E-state index contributed by atoms with van der Waals surface area (Å²) in [5.74, 6) is -1.05. The fraction of sp³-hybridized carbons (Fsp3) is 0.333. The SMILES string of the molecule is CCC(=NCc1ccc2c(c1)OCO2)C1C(=O)NC(=O)NC1=O. The fourth-order valence-corrected chi connectivity index (χ4v) is 2.46. The molecule has 0 saturated carbocycles. The number of hydrogen-bond acceptors (Lipinski definition) is 6. The third-order valence-electron chi connectivity index (χ3n) is 3.60. The number of aliphatic imine (C=N–C) groups is 1. The maximum Gasteiger partial charge on any atom is 0.328 e. The Morgan fingerprint density at radius 1 is 1.17 bits per heavy atom. The molecule has 23 heavy (non-hydrogen) atoms. The lowest BCUT2D eigenvalue weighted by molar-refractivity contribution is -0.132. The molecule has 2 aliphatic rings. The summed E-state index contributed by atoms with van der Waals surface area (Å²) in [6.07, 6.45) is 0.421. The number of benzene rings is 1. The summed E-state index contributed by atoms with van der Waals surface area (Å²) in [6, 6.07) is 4.64. The molecule has 0 radical (unpaired) electrons. The molecule has 2 aliphatic heterocycles. The molecule has 4 amide bonds. The summed E-state index contributed by atoms with van der Waals surface area (Å²) in [5, 5.41) is 4.16. The van der Waals surface area contributed by atoms with Crippen LogP contribution in [-0.4, -0.2) is 30.4 Å². The van der Waals surface area contributed by atoms with Gasteiger partial charge in [-0.2, -0.15) is 0 Å². The highest BCUT2D eigenvalue weighted by atomic mass is 16.7. The topological polar surface area (TPSA) is 106 Å². The van der Waals surface area contributed by atoms with Gasteiger partial charge >= 0.3 is 6.03 Å². The zero-order chi connectivity index (χ0) is 16.4. The maximum atomic E-state index is 11.9. The molecule has 2 heterocycles. The highest BCUT2D eigenvalue weighted by Crippen LogP contribution is 2.32. The molecule has 8 heteroatoms. The van der Waals surface area contributed by atoms with Gasteiger partial charge in [0.25, 0.3) is 0 Å². The monoisotopic (exact) mass is 317 g/mol. The molecule has 1 aromatic rings. The number of ether oxygens (including phenoxy) is 2. The van der Waals surface area contributed by atoms with Crippen LogP contribution in [0.5, 0.6) is 11.5 Å². The molecule has 0 aromatic heterocycles. The molecule has 1 fully saturated rings. The second kappa shape index (κ2) is 6.07. The Morgan fingerprint density at radius 2 is 1.87 bits per heavy atom. The molecule has 2 N–H and O–H groups in total. The van der Waals surface area contributed by atoms with Crippen LogP contribution in [0.1, 0.15) is 18.9 Å². The van der Waals surface area contributed by atoms with Gasteiger partial charge in [0.1, 0.15) is 0 Å². The van der Waals surface area contributed by atoms with Crippen molar-refractivity contribution in [3.63, 3.8) is 0 Å². The number of carbonyl (C=O) groups is 3. The van der Waals surface area contributed by atoms with E-state index in [0.717, 1.165) is 5.56 Å². The zero-order valence-corrected chi connectivity index (χ0v) is 12.4. The van der Waals surface area contributed by atoms with Crippen LogP contribution in [0.4, 0.5) is 4.79 Å². The third-order valence-corrected chi connectivity index (χ3v) is 3.60. The number of rotatable bonds is 4. The van der Waals surface area contributed by atoms with Crippen LogP contribution in [0.3, 0.4) is 0 Å². The number of imide groups is 2. The predicted octanol–water partition coefficient (Wildman–Crippen LogP) is 0.748. The van der Waals surface area contributed by atoms with E-state index in [1.54, 1.807) is 13.0 Å². The Bertz CT molecular complexity index is 693. The molecule has 8 nitrogen and oxygen atoms in total. The first-order valence-corrected chi connectivity index (χ1v) is 7.16. The van der Waals surface area contributed by atoms with Gasteiger partial charge in [0.15, 0.2) is 17.4 Å². The van der Waals surface area contributed by atoms with E-state index in [1.807, 2.05) is 12.1 Å². The van der Waals surface area contributed by atoms with Crippen molar-refractivity contribution in [2.45, 2.75) is 19.9 Å². The van der Waals surface area contributed by atoms with Crippen molar-refractivity contribution >= 4 is 23.6 Å². The average molecular weight is 317 g/mol. The minimum absolute atomic E-state index is 0.193. The normalized spacial score (nSPS) is 18.0. The molecule has 0 spiro atoms. The number of carbonyl (C=O) groups excluding carboxylic acids is 3. The Balaban J connectivity index is 1.78. The van der Waals surface area contributed by atoms with Crippen LogP contribution in [0.15, 0.2) is 23.2 Å². The number of nitrogens with zero attached hydrogens (tertiary/aromatic N) is 1. The minimum atomic E-state index is -1.08. The first kappa shape index (κ1) is 15.0. The summed E-state index contributed by atoms with van der Waals surface area (Å²) in [6.45, 7) is 2.29.